The first-order chi connectivity index (χ1) is 12.0. The molecule has 132 valence electrons. The van der Waals surface area contributed by atoms with Crippen molar-refractivity contribution in [3.05, 3.63) is 70.2 Å². The number of hydrogen-bond acceptors (Lipinski definition) is 2. The van der Waals surface area contributed by atoms with Crippen molar-refractivity contribution in [2.24, 2.45) is 0 Å². The Morgan fingerprint density at radius 3 is 2.52 bits per heavy atom. The van der Waals surface area contributed by atoms with Gasteiger partial charge in [0, 0.05) is 37.1 Å². The summed E-state index contributed by atoms with van der Waals surface area (Å²) in [5.41, 5.74) is 2.76. The Kier molecular flexibility index (Phi) is 7.02. The average molecular weight is 359 g/mol. The van der Waals surface area contributed by atoms with Gasteiger partial charge in [-0.3, -0.25) is 9.59 Å². The first-order valence-electron chi connectivity index (χ1n) is 8.30. The summed E-state index contributed by atoms with van der Waals surface area (Å²) in [6.07, 6.45) is 0.728. The molecule has 25 heavy (non-hydrogen) atoms. The lowest BCUT2D eigenvalue weighted by molar-refractivity contribution is -0.128. The Balaban J connectivity index is 1.83. The minimum atomic E-state index is -0.123. The van der Waals surface area contributed by atoms with Gasteiger partial charge in [-0.1, -0.05) is 41.4 Å². The Morgan fingerprint density at radius 2 is 1.84 bits per heavy atom. The van der Waals surface area contributed by atoms with Gasteiger partial charge in [-0.2, -0.15) is 0 Å². The van der Waals surface area contributed by atoms with E-state index >= 15 is 0 Å². The fraction of sp³-hybridized carbons (Fsp3) is 0.300. The van der Waals surface area contributed by atoms with Crippen LogP contribution >= 0.6 is 11.6 Å². The van der Waals surface area contributed by atoms with Gasteiger partial charge in [-0.15, -0.1) is 0 Å². The van der Waals surface area contributed by atoms with Gasteiger partial charge in [-0.05, 0) is 43.2 Å². The molecule has 2 amide bonds. The Labute approximate surface area is 153 Å². The second-order valence-corrected chi connectivity index (χ2v) is 6.45. The molecule has 2 rings (SSSR count). The average Bonchev–Trinajstić information content (AvgIpc) is 2.57. The van der Waals surface area contributed by atoms with Crippen molar-refractivity contribution in [3.8, 4) is 0 Å². The number of nitrogens with one attached hydrogen (secondary N) is 1. The molecule has 0 spiro atoms. The zero-order chi connectivity index (χ0) is 18.2. The molecular weight excluding hydrogens is 336 g/mol. The Bertz CT molecular complexity index is 746. The zero-order valence-corrected chi connectivity index (χ0v) is 15.3. The SMILES string of the molecule is CC(=O)N(CCNC(=O)c1cccc(C)c1)CCc1cccc(Cl)c1. The van der Waals surface area contributed by atoms with Crippen molar-refractivity contribution >= 4 is 23.4 Å². The van der Waals surface area contributed by atoms with Crippen LogP contribution in [0.5, 0.6) is 0 Å². The van der Waals surface area contributed by atoms with E-state index in [2.05, 4.69) is 5.32 Å². The van der Waals surface area contributed by atoms with E-state index in [9.17, 15) is 9.59 Å². The molecule has 0 atom stereocenters. The maximum atomic E-state index is 12.1. The van der Waals surface area contributed by atoms with Crippen LogP contribution in [0.25, 0.3) is 0 Å². The molecule has 0 aliphatic rings. The molecule has 5 heteroatoms. The first-order valence-corrected chi connectivity index (χ1v) is 8.68. The summed E-state index contributed by atoms with van der Waals surface area (Å²) in [5, 5.41) is 3.56. The number of benzene rings is 2. The minimum Gasteiger partial charge on any atom is -0.350 e. The van der Waals surface area contributed by atoms with E-state index in [1.54, 1.807) is 17.9 Å². The first kappa shape index (κ1) is 19.0. The van der Waals surface area contributed by atoms with Gasteiger partial charge in [0.1, 0.15) is 0 Å². The molecule has 2 aromatic rings. The van der Waals surface area contributed by atoms with Crippen LogP contribution in [0, 0.1) is 6.92 Å². The summed E-state index contributed by atoms with van der Waals surface area (Å²) >= 11 is 5.98. The molecule has 0 heterocycles. The fourth-order valence-electron chi connectivity index (χ4n) is 2.58. The molecule has 0 aromatic heterocycles. The van der Waals surface area contributed by atoms with E-state index in [0.717, 1.165) is 17.5 Å². The van der Waals surface area contributed by atoms with Gasteiger partial charge >= 0.3 is 0 Å². The number of amides is 2. The number of halogens is 1. The smallest absolute Gasteiger partial charge is 0.251 e. The van der Waals surface area contributed by atoms with Crippen LogP contribution in [0.2, 0.25) is 5.02 Å². The molecule has 0 unspecified atom stereocenters. The van der Waals surface area contributed by atoms with Gasteiger partial charge in [0.05, 0.1) is 0 Å². The van der Waals surface area contributed by atoms with Crippen LogP contribution in [0.15, 0.2) is 48.5 Å². The maximum absolute atomic E-state index is 12.1. The number of hydrogen-bond donors (Lipinski definition) is 1. The van der Waals surface area contributed by atoms with Gasteiger partial charge in [0.25, 0.3) is 5.91 Å². The molecule has 0 fully saturated rings. The van der Waals surface area contributed by atoms with E-state index in [1.165, 1.54) is 0 Å². The summed E-state index contributed by atoms with van der Waals surface area (Å²) in [4.78, 5) is 25.7. The third kappa shape index (κ3) is 6.24. The number of aryl methyl sites for hydroxylation is 1. The van der Waals surface area contributed by atoms with Crippen molar-refractivity contribution in [2.45, 2.75) is 20.3 Å². The van der Waals surface area contributed by atoms with Crippen LogP contribution in [0.3, 0.4) is 0 Å². The zero-order valence-electron chi connectivity index (χ0n) is 14.6. The quantitative estimate of drug-likeness (QED) is 0.823. The highest BCUT2D eigenvalue weighted by Crippen LogP contribution is 2.11. The largest absolute Gasteiger partial charge is 0.350 e. The summed E-state index contributed by atoms with van der Waals surface area (Å²) in [6, 6.07) is 15.1. The fourth-order valence-corrected chi connectivity index (χ4v) is 2.79. The standard InChI is InChI=1S/C20H23ClN2O2/c1-15-5-3-7-18(13-15)20(25)22-10-12-23(16(2)24)11-9-17-6-4-8-19(21)14-17/h3-8,13-14H,9-12H2,1-2H3,(H,22,25). The van der Waals surface area contributed by atoms with Crippen LogP contribution in [-0.4, -0.2) is 36.3 Å². The van der Waals surface area contributed by atoms with Crippen LogP contribution in [-0.2, 0) is 11.2 Å². The second kappa shape index (κ2) is 9.23. The van der Waals surface area contributed by atoms with Crippen molar-refractivity contribution in [3.63, 3.8) is 0 Å². The van der Waals surface area contributed by atoms with Crippen LogP contribution in [0.4, 0.5) is 0 Å². The Hall–Kier alpha value is -2.33. The van der Waals surface area contributed by atoms with E-state index in [4.69, 9.17) is 11.6 Å². The number of carbonyl (C=O) groups is 2. The monoisotopic (exact) mass is 358 g/mol. The molecule has 0 bridgehead atoms. The summed E-state index contributed by atoms with van der Waals surface area (Å²) in [7, 11) is 0. The number of nitrogens with zero attached hydrogens (tertiary/aromatic N) is 1. The highest BCUT2D eigenvalue weighted by Gasteiger charge is 2.10. The van der Waals surface area contributed by atoms with E-state index in [0.29, 0.717) is 30.2 Å². The predicted molar refractivity (Wildman–Crippen MR) is 101 cm³/mol. The third-order valence-electron chi connectivity index (χ3n) is 3.95. The molecule has 0 aliphatic heterocycles. The normalized spacial score (nSPS) is 10.4. The topological polar surface area (TPSA) is 49.4 Å². The summed E-state index contributed by atoms with van der Waals surface area (Å²) in [6.45, 7) is 4.98. The lowest BCUT2D eigenvalue weighted by Crippen LogP contribution is -2.38. The molecule has 1 N–H and O–H groups in total. The van der Waals surface area contributed by atoms with Gasteiger partial charge in [-0.25, -0.2) is 0 Å². The van der Waals surface area contributed by atoms with E-state index in [-0.39, 0.29) is 11.8 Å². The molecule has 2 aromatic carbocycles. The van der Waals surface area contributed by atoms with Crippen molar-refractivity contribution in [1.29, 1.82) is 0 Å². The number of carbonyl (C=O) groups excluding carboxylic acids is 2. The Morgan fingerprint density at radius 1 is 1.08 bits per heavy atom. The molecule has 0 radical (unpaired) electrons. The van der Waals surface area contributed by atoms with Gasteiger partial charge < -0.3 is 10.2 Å². The van der Waals surface area contributed by atoms with Crippen molar-refractivity contribution < 1.29 is 9.59 Å². The lowest BCUT2D eigenvalue weighted by atomic mass is 10.1. The molecule has 4 nitrogen and oxygen atoms in total. The van der Waals surface area contributed by atoms with Crippen LogP contribution in [0.1, 0.15) is 28.4 Å². The van der Waals surface area contributed by atoms with E-state index < -0.39 is 0 Å². The maximum Gasteiger partial charge on any atom is 0.251 e. The van der Waals surface area contributed by atoms with E-state index in [1.807, 2.05) is 49.4 Å². The second-order valence-electron chi connectivity index (χ2n) is 6.01. The molecule has 0 saturated carbocycles. The minimum absolute atomic E-state index is 0.00756. The highest BCUT2D eigenvalue weighted by molar-refractivity contribution is 6.30. The summed E-state index contributed by atoms with van der Waals surface area (Å²) in [5.74, 6) is -0.131. The van der Waals surface area contributed by atoms with Crippen LogP contribution < -0.4 is 5.32 Å². The van der Waals surface area contributed by atoms with Crippen molar-refractivity contribution in [1.82, 2.24) is 10.2 Å². The predicted octanol–water partition coefficient (Wildman–Crippen LogP) is 3.47. The van der Waals surface area contributed by atoms with Crippen molar-refractivity contribution in [2.75, 3.05) is 19.6 Å². The summed E-state index contributed by atoms with van der Waals surface area (Å²) < 4.78 is 0. The lowest BCUT2D eigenvalue weighted by Gasteiger charge is -2.21. The third-order valence-corrected chi connectivity index (χ3v) is 4.19. The highest BCUT2D eigenvalue weighted by atomic mass is 35.5. The number of rotatable bonds is 7. The molecule has 0 aliphatic carbocycles. The molecule has 0 saturated heterocycles. The van der Waals surface area contributed by atoms with Gasteiger partial charge in [0.2, 0.25) is 5.91 Å². The molecular formula is C20H23ClN2O2. The van der Waals surface area contributed by atoms with Gasteiger partial charge in [0.15, 0.2) is 0 Å².